The highest BCUT2D eigenvalue weighted by atomic mass is 35.5. The molecule has 0 amide bonds. The maximum atomic E-state index is 5.94. The molecule has 2 atom stereocenters. The number of anilines is 1. The van der Waals surface area contributed by atoms with Crippen LogP contribution < -0.4 is 5.32 Å². The van der Waals surface area contributed by atoms with Gasteiger partial charge >= 0.3 is 0 Å². The third kappa shape index (κ3) is 2.63. The van der Waals surface area contributed by atoms with Crippen LogP contribution >= 0.6 is 11.6 Å². The molecule has 2 rings (SSSR count). The van der Waals surface area contributed by atoms with Gasteiger partial charge < -0.3 is 5.32 Å². The van der Waals surface area contributed by atoms with E-state index >= 15 is 0 Å². The van der Waals surface area contributed by atoms with Crippen molar-refractivity contribution in [3.8, 4) is 0 Å². The molecule has 2 unspecified atom stereocenters. The lowest BCUT2D eigenvalue weighted by atomic mass is 10.1. The van der Waals surface area contributed by atoms with E-state index in [-0.39, 0.29) is 0 Å². The highest BCUT2D eigenvalue weighted by Crippen LogP contribution is 2.28. The number of nitrogens with one attached hydrogen (secondary N) is 1. The zero-order valence-electron chi connectivity index (χ0n) is 9.04. The summed E-state index contributed by atoms with van der Waals surface area (Å²) in [5, 5.41) is 3.49. The van der Waals surface area contributed by atoms with Crippen LogP contribution in [0, 0.1) is 12.8 Å². The second-order valence-electron chi connectivity index (χ2n) is 4.31. The first kappa shape index (κ1) is 10.7. The van der Waals surface area contributed by atoms with Gasteiger partial charge in [0.05, 0.1) is 0 Å². The van der Waals surface area contributed by atoms with E-state index in [0.717, 1.165) is 11.7 Å². The zero-order valence-corrected chi connectivity index (χ0v) is 9.80. The first-order valence-corrected chi connectivity index (χ1v) is 6.08. The van der Waals surface area contributed by atoms with Crippen LogP contribution in [0.3, 0.4) is 0 Å². The third-order valence-electron chi connectivity index (χ3n) is 3.11. The molecule has 0 aromatic carbocycles. The van der Waals surface area contributed by atoms with Gasteiger partial charge in [0.2, 0.25) is 0 Å². The van der Waals surface area contributed by atoms with E-state index in [1.165, 1.54) is 24.8 Å². The Balaban J connectivity index is 2.02. The summed E-state index contributed by atoms with van der Waals surface area (Å²) in [5.41, 5.74) is 1.24. The van der Waals surface area contributed by atoms with Crippen molar-refractivity contribution in [3.63, 3.8) is 0 Å². The van der Waals surface area contributed by atoms with Gasteiger partial charge in [0, 0.05) is 18.1 Å². The molecule has 3 heteroatoms. The van der Waals surface area contributed by atoms with E-state index in [1.54, 1.807) is 0 Å². The maximum Gasteiger partial charge on any atom is 0.126 e. The lowest BCUT2D eigenvalue weighted by Gasteiger charge is -2.19. The van der Waals surface area contributed by atoms with Crippen LogP contribution in [0.5, 0.6) is 0 Å². The second kappa shape index (κ2) is 4.84. The van der Waals surface area contributed by atoms with Gasteiger partial charge in [0.15, 0.2) is 0 Å². The number of aryl methyl sites for hydroxylation is 1. The zero-order chi connectivity index (χ0) is 10.7. The highest BCUT2D eigenvalue weighted by Gasteiger charge is 2.26. The second-order valence-corrected chi connectivity index (χ2v) is 4.62. The number of nitrogens with zero attached hydrogens (tertiary/aromatic N) is 1. The maximum absolute atomic E-state index is 5.94. The average molecular weight is 225 g/mol. The number of rotatable bonds is 3. The highest BCUT2D eigenvalue weighted by molar-refractivity contribution is 6.18. The molecule has 1 N–H and O–H groups in total. The van der Waals surface area contributed by atoms with Crippen LogP contribution in [-0.4, -0.2) is 16.9 Å². The normalized spacial score (nSPS) is 25.5. The number of hydrogen-bond acceptors (Lipinski definition) is 2. The molecule has 1 heterocycles. The van der Waals surface area contributed by atoms with E-state index in [4.69, 9.17) is 11.6 Å². The number of alkyl halides is 1. The van der Waals surface area contributed by atoms with Gasteiger partial charge in [-0.2, -0.15) is 0 Å². The predicted molar refractivity (Wildman–Crippen MR) is 64.4 cm³/mol. The number of pyridine rings is 1. The summed E-state index contributed by atoms with van der Waals surface area (Å²) in [6.07, 6.45) is 5.59. The Labute approximate surface area is 96.1 Å². The molecular weight excluding hydrogens is 208 g/mol. The molecule has 15 heavy (non-hydrogen) atoms. The van der Waals surface area contributed by atoms with Crippen LogP contribution in [0.15, 0.2) is 18.3 Å². The Bertz CT molecular complexity index is 327. The van der Waals surface area contributed by atoms with E-state index in [0.29, 0.717) is 12.0 Å². The molecule has 0 radical (unpaired) electrons. The molecule has 1 aliphatic carbocycles. The summed E-state index contributed by atoms with van der Waals surface area (Å²) in [4.78, 5) is 4.32. The Morgan fingerprint density at radius 1 is 1.53 bits per heavy atom. The van der Waals surface area contributed by atoms with Crippen molar-refractivity contribution in [2.75, 3.05) is 11.2 Å². The van der Waals surface area contributed by atoms with Crippen LogP contribution in [0.4, 0.5) is 5.82 Å². The lowest BCUT2D eigenvalue weighted by molar-refractivity contribution is 0.561. The van der Waals surface area contributed by atoms with Crippen molar-refractivity contribution in [2.24, 2.45) is 5.92 Å². The fourth-order valence-corrected chi connectivity index (χ4v) is 2.59. The molecule has 0 saturated heterocycles. The summed E-state index contributed by atoms with van der Waals surface area (Å²) < 4.78 is 0. The Kier molecular flexibility index (Phi) is 3.47. The third-order valence-corrected chi connectivity index (χ3v) is 3.50. The van der Waals surface area contributed by atoms with Gasteiger partial charge in [0.25, 0.3) is 0 Å². The van der Waals surface area contributed by atoms with Gasteiger partial charge in [-0.15, -0.1) is 11.6 Å². The van der Waals surface area contributed by atoms with Crippen LogP contribution in [-0.2, 0) is 0 Å². The molecule has 0 bridgehead atoms. The largest absolute Gasteiger partial charge is 0.367 e. The molecule has 1 fully saturated rings. The van der Waals surface area contributed by atoms with Crippen molar-refractivity contribution in [1.82, 2.24) is 4.98 Å². The first-order valence-electron chi connectivity index (χ1n) is 5.55. The minimum Gasteiger partial charge on any atom is -0.367 e. The number of aromatic nitrogens is 1. The van der Waals surface area contributed by atoms with Gasteiger partial charge in [0.1, 0.15) is 5.82 Å². The molecule has 0 aliphatic heterocycles. The molecular formula is C12H17ClN2. The lowest BCUT2D eigenvalue weighted by Crippen LogP contribution is -2.25. The van der Waals surface area contributed by atoms with Crippen molar-refractivity contribution in [1.29, 1.82) is 0 Å². The predicted octanol–water partition coefficient (Wildman–Crippen LogP) is 3.21. The minimum atomic E-state index is 0.511. The van der Waals surface area contributed by atoms with E-state index in [1.807, 2.05) is 12.3 Å². The average Bonchev–Trinajstić information content (AvgIpc) is 2.65. The Morgan fingerprint density at radius 2 is 2.40 bits per heavy atom. The molecule has 1 aromatic rings. The van der Waals surface area contributed by atoms with Gasteiger partial charge in [-0.25, -0.2) is 4.98 Å². The molecule has 2 nitrogen and oxygen atoms in total. The van der Waals surface area contributed by atoms with E-state index < -0.39 is 0 Å². The van der Waals surface area contributed by atoms with Crippen LogP contribution in [0.1, 0.15) is 24.8 Å². The van der Waals surface area contributed by atoms with E-state index in [9.17, 15) is 0 Å². The summed E-state index contributed by atoms with van der Waals surface area (Å²) in [7, 11) is 0. The molecule has 1 saturated carbocycles. The summed E-state index contributed by atoms with van der Waals surface area (Å²) >= 11 is 5.94. The fourth-order valence-electron chi connectivity index (χ4n) is 2.22. The smallest absolute Gasteiger partial charge is 0.126 e. The van der Waals surface area contributed by atoms with Crippen molar-refractivity contribution in [2.45, 2.75) is 32.2 Å². The number of hydrogen-bond donors (Lipinski definition) is 1. The van der Waals surface area contributed by atoms with Crippen LogP contribution in [0.25, 0.3) is 0 Å². The molecule has 1 aliphatic rings. The van der Waals surface area contributed by atoms with Crippen molar-refractivity contribution < 1.29 is 0 Å². The summed E-state index contributed by atoms with van der Waals surface area (Å²) in [6, 6.07) is 4.61. The van der Waals surface area contributed by atoms with Crippen molar-refractivity contribution >= 4 is 17.4 Å². The van der Waals surface area contributed by atoms with Crippen molar-refractivity contribution in [3.05, 3.63) is 23.9 Å². The fraction of sp³-hybridized carbons (Fsp3) is 0.583. The van der Waals surface area contributed by atoms with E-state index in [2.05, 4.69) is 23.3 Å². The molecule has 0 spiro atoms. The monoisotopic (exact) mass is 224 g/mol. The minimum absolute atomic E-state index is 0.511. The Morgan fingerprint density at radius 3 is 3.13 bits per heavy atom. The SMILES string of the molecule is Cc1ccnc(NC2CCCC2CCl)c1. The summed E-state index contributed by atoms with van der Waals surface area (Å²) in [5.74, 6) is 2.34. The van der Waals surface area contributed by atoms with Gasteiger partial charge in [-0.1, -0.05) is 6.42 Å². The van der Waals surface area contributed by atoms with Gasteiger partial charge in [-0.3, -0.25) is 0 Å². The standard InChI is InChI=1S/C12H17ClN2/c1-9-5-6-14-12(7-9)15-11-4-2-3-10(11)8-13/h5-7,10-11H,2-4,8H2,1H3,(H,14,15). The topological polar surface area (TPSA) is 24.9 Å². The number of halogens is 1. The molecule has 1 aromatic heterocycles. The quantitative estimate of drug-likeness (QED) is 0.798. The Hall–Kier alpha value is -0.760. The van der Waals surface area contributed by atoms with Gasteiger partial charge in [-0.05, 0) is 43.4 Å². The molecule has 82 valence electrons. The van der Waals surface area contributed by atoms with Crippen LogP contribution in [0.2, 0.25) is 0 Å². The first-order chi connectivity index (χ1) is 7.29. The summed E-state index contributed by atoms with van der Waals surface area (Å²) in [6.45, 7) is 2.08.